The number of likely N-dealkylation sites (tertiary alicyclic amines) is 1. The average molecular weight is 339 g/mol. The summed E-state index contributed by atoms with van der Waals surface area (Å²) in [5.41, 5.74) is 2.79. The first-order chi connectivity index (χ1) is 12.1. The predicted octanol–water partition coefficient (Wildman–Crippen LogP) is 3.85. The van der Waals surface area contributed by atoms with Gasteiger partial charge in [-0.15, -0.1) is 0 Å². The second-order valence-corrected chi connectivity index (χ2v) is 6.80. The van der Waals surface area contributed by atoms with Gasteiger partial charge in [0.2, 0.25) is 0 Å². The van der Waals surface area contributed by atoms with Crippen LogP contribution >= 0.6 is 0 Å². The molecule has 0 bridgehead atoms. The van der Waals surface area contributed by atoms with Gasteiger partial charge < -0.3 is 9.84 Å². The van der Waals surface area contributed by atoms with E-state index in [0.717, 1.165) is 37.4 Å². The Morgan fingerprint density at radius 1 is 1.20 bits per heavy atom. The van der Waals surface area contributed by atoms with Gasteiger partial charge in [-0.1, -0.05) is 24.3 Å². The lowest BCUT2D eigenvalue weighted by Gasteiger charge is -2.33. The summed E-state index contributed by atoms with van der Waals surface area (Å²) >= 11 is 0. The molecule has 4 nitrogen and oxygen atoms in total. The number of carbonyl (C=O) groups is 1. The second-order valence-electron chi connectivity index (χ2n) is 6.80. The van der Waals surface area contributed by atoms with E-state index >= 15 is 0 Å². The SMILES string of the molecule is COc1ccc(CC2CCCN(Cc3cccc(C(=O)O)c3)C2)cc1. The minimum Gasteiger partial charge on any atom is -0.497 e. The topological polar surface area (TPSA) is 49.8 Å². The molecule has 0 radical (unpaired) electrons. The number of nitrogens with zero attached hydrogens (tertiary/aromatic N) is 1. The van der Waals surface area contributed by atoms with Gasteiger partial charge in [0.15, 0.2) is 0 Å². The Morgan fingerprint density at radius 2 is 2.00 bits per heavy atom. The Labute approximate surface area is 149 Å². The van der Waals surface area contributed by atoms with Gasteiger partial charge >= 0.3 is 5.97 Å². The van der Waals surface area contributed by atoms with Crippen molar-refractivity contribution >= 4 is 5.97 Å². The molecule has 0 aliphatic carbocycles. The van der Waals surface area contributed by atoms with Crippen LogP contribution < -0.4 is 4.74 Å². The van der Waals surface area contributed by atoms with Gasteiger partial charge in [0.1, 0.15) is 5.75 Å². The van der Waals surface area contributed by atoms with Crippen molar-refractivity contribution in [1.29, 1.82) is 0 Å². The number of hydrogen-bond donors (Lipinski definition) is 1. The number of aromatic carboxylic acids is 1. The van der Waals surface area contributed by atoms with Crippen molar-refractivity contribution in [3.63, 3.8) is 0 Å². The third-order valence-corrected chi connectivity index (χ3v) is 4.87. The highest BCUT2D eigenvalue weighted by atomic mass is 16.5. The lowest BCUT2D eigenvalue weighted by molar-refractivity contribution is 0.0696. The number of benzene rings is 2. The molecule has 0 spiro atoms. The average Bonchev–Trinajstić information content (AvgIpc) is 2.63. The fourth-order valence-corrected chi connectivity index (χ4v) is 3.62. The largest absolute Gasteiger partial charge is 0.497 e. The van der Waals surface area contributed by atoms with Crippen LogP contribution in [-0.4, -0.2) is 36.2 Å². The molecule has 0 aromatic heterocycles. The molecule has 1 saturated heterocycles. The number of carboxylic acids is 1. The van der Waals surface area contributed by atoms with E-state index < -0.39 is 5.97 Å². The van der Waals surface area contributed by atoms with E-state index in [4.69, 9.17) is 9.84 Å². The van der Waals surface area contributed by atoms with Crippen LogP contribution in [0.5, 0.6) is 5.75 Å². The molecule has 1 heterocycles. The summed E-state index contributed by atoms with van der Waals surface area (Å²) in [5.74, 6) is 0.676. The zero-order valence-electron chi connectivity index (χ0n) is 14.6. The van der Waals surface area contributed by atoms with Gasteiger partial charge in [0, 0.05) is 13.1 Å². The molecule has 25 heavy (non-hydrogen) atoms. The number of carboxylic acid groups (broad SMARTS) is 1. The Hall–Kier alpha value is -2.33. The number of hydrogen-bond acceptors (Lipinski definition) is 3. The zero-order chi connectivity index (χ0) is 17.6. The number of methoxy groups -OCH3 is 1. The first-order valence-corrected chi connectivity index (χ1v) is 8.81. The molecule has 4 heteroatoms. The number of ether oxygens (including phenoxy) is 1. The Kier molecular flexibility index (Phi) is 5.71. The van der Waals surface area contributed by atoms with Crippen LogP contribution in [0, 0.1) is 5.92 Å². The normalized spacial score (nSPS) is 18.0. The van der Waals surface area contributed by atoms with Crippen LogP contribution in [0.25, 0.3) is 0 Å². The van der Waals surface area contributed by atoms with Gasteiger partial charge in [0.25, 0.3) is 0 Å². The Morgan fingerprint density at radius 3 is 2.72 bits per heavy atom. The van der Waals surface area contributed by atoms with Crippen LogP contribution in [0.4, 0.5) is 0 Å². The summed E-state index contributed by atoms with van der Waals surface area (Å²) in [5, 5.41) is 9.14. The van der Waals surface area contributed by atoms with Crippen LogP contribution in [0.1, 0.15) is 34.3 Å². The highest BCUT2D eigenvalue weighted by Crippen LogP contribution is 2.23. The van der Waals surface area contributed by atoms with Gasteiger partial charge in [-0.05, 0) is 67.1 Å². The fourth-order valence-electron chi connectivity index (χ4n) is 3.62. The summed E-state index contributed by atoms with van der Waals surface area (Å²) in [6, 6.07) is 15.6. The second kappa shape index (κ2) is 8.17. The molecule has 0 amide bonds. The van der Waals surface area contributed by atoms with E-state index in [1.807, 2.05) is 24.3 Å². The van der Waals surface area contributed by atoms with E-state index in [1.165, 1.54) is 18.4 Å². The molecular weight excluding hydrogens is 314 g/mol. The molecule has 1 N–H and O–H groups in total. The van der Waals surface area contributed by atoms with Crippen molar-refractivity contribution in [2.45, 2.75) is 25.8 Å². The van der Waals surface area contributed by atoms with Crippen LogP contribution in [-0.2, 0) is 13.0 Å². The zero-order valence-corrected chi connectivity index (χ0v) is 14.6. The van der Waals surface area contributed by atoms with Gasteiger partial charge in [-0.2, -0.15) is 0 Å². The third kappa shape index (κ3) is 4.83. The molecule has 2 aromatic carbocycles. The van der Waals surface area contributed by atoms with Crippen LogP contribution in [0.3, 0.4) is 0 Å². The van der Waals surface area contributed by atoms with E-state index in [1.54, 1.807) is 19.2 Å². The first-order valence-electron chi connectivity index (χ1n) is 8.81. The summed E-state index contributed by atoms with van der Waals surface area (Å²) in [7, 11) is 1.69. The maximum Gasteiger partial charge on any atom is 0.335 e. The van der Waals surface area contributed by atoms with Crippen molar-refractivity contribution in [2.24, 2.45) is 5.92 Å². The maximum atomic E-state index is 11.1. The third-order valence-electron chi connectivity index (χ3n) is 4.87. The summed E-state index contributed by atoms with van der Waals surface area (Å²) in [6.45, 7) is 2.96. The van der Waals surface area contributed by atoms with Crippen molar-refractivity contribution < 1.29 is 14.6 Å². The van der Waals surface area contributed by atoms with Crippen LogP contribution in [0.15, 0.2) is 48.5 Å². The highest BCUT2D eigenvalue weighted by Gasteiger charge is 2.20. The van der Waals surface area contributed by atoms with Crippen molar-refractivity contribution in [2.75, 3.05) is 20.2 Å². The maximum absolute atomic E-state index is 11.1. The van der Waals surface area contributed by atoms with Gasteiger partial charge in [-0.25, -0.2) is 4.79 Å². The molecule has 1 unspecified atom stereocenters. The van der Waals surface area contributed by atoms with E-state index in [-0.39, 0.29) is 0 Å². The summed E-state index contributed by atoms with van der Waals surface area (Å²) in [6.07, 6.45) is 3.52. The molecule has 1 aliphatic rings. The van der Waals surface area contributed by atoms with E-state index in [0.29, 0.717) is 11.5 Å². The minimum absolute atomic E-state index is 0.365. The Balaban J connectivity index is 1.59. The lowest BCUT2D eigenvalue weighted by Crippen LogP contribution is -2.35. The molecule has 1 fully saturated rings. The van der Waals surface area contributed by atoms with Gasteiger partial charge in [-0.3, -0.25) is 4.90 Å². The minimum atomic E-state index is -0.863. The fraction of sp³-hybridized carbons (Fsp3) is 0.381. The smallest absolute Gasteiger partial charge is 0.335 e. The summed E-state index contributed by atoms with van der Waals surface area (Å²) in [4.78, 5) is 13.6. The predicted molar refractivity (Wildman–Crippen MR) is 98.1 cm³/mol. The highest BCUT2D eigenvalue weighted by molar-refractivity contribution is 5.87. The van der Waals surface area contributed by atoms with Crippen molar-refractivity contribution in [1.82, 2.24) is 4.90 Å². The van der Waals surface area contributed by atoms with E-state index in [2.05, 4.69) is 17.0 Å². The standard InChI is InChI=1S/C21H25NO3/c1-25-20-9-7-16(8-10-20)12-17-5-3-11-22(14-17)15-18-4-2-6-19(13-18)21(23)24/h2,4,6-10,13,17H,3,5,11-12,14-15H2,1H3,(H,23,24). The molecule has 132 valence electrons. The van der Waals surface area contributed by atoms with Crippen LogP contribution in [0.2, 0.25) is 0 Å². The molecule has 1 atom stereocenters. The van der Waals surface area contributed by atoms with E-state index in [9.17, 15) is 4.79 Å². The van der Waals surface area contributed by atoms with Crippen molar-refractivity contribution in [3.8, 4) is 5.75 Å². The molecular formula is C21H25NO3. The molecule has 2 aromatic rings. The molecule has 0 saturated carbocycles. The summed E-state index contributed by atoms with van der Waals surface area (Å²) < 4.78 is 5.22. The lowest BCUT2D eigenvalue weighted by atomic mass is 9.91. The van der Waals surface area contributed by atoms with Gasteiger partial charge in [0.05, 0.1) is 12.7 Å². The monoisotopic (exact) mass is 339 g/mol. The molecule has 1 aliphatic heterocycles. The number of piperidine rings is 1. The molecule has 3 rings (SSSR count). The first kappa shape index (κ1) is 17.5. The van der Waals surface area contributed by atoms with Crippen molar-refractivity contribution in [3.05, 3.63) is 65.2 Å². The number of rotatable bonds is 6. The Bertz CT molecular complexity index is 711. The quantitative estimate of drug-likeness (QED) is 0.868.